The van der Waals surface area contributed by atoms with Crippen LogP contribution in [0.1, 0.15) is 23.2 Å². The molecular weight excluding hydrogens is 340 g/mol. The highest BCUT2D eigenvalue weighted by atomic mass is 19.1. The molecule has 0 bridgehead atoms. The highest BCUT2D eigenvalue weighted by Gasteiger charge is 2.28. The number of carbonyl (C=O) groups excluding carboxylic acids is 1. The summed E-state index contributed by atoms with van der Waals surface area (Å²) in [7, 11) is 1.59. The zero-order valence-electron chi connectivity index (χ0n) is 14.6. The van der Waals surface area contributed by atoms with E-state index in [4.69, 9.17) is 9.47 Å². The summed E-state index contributed by atoms with van der Waals surface area (Å²) in [6, 6.07) is 10.4. The van der Waals surface area contributed by atoms with E-state index in [1.54, 1.807) is 12.0 Å². The fourth-order valence-electron chi connectivity index (χ4n) is 3.16. The Labute approximate surface area is 151 Å². The minimum absolute atomic E-state index is 0.212. The van der Waals surface area contributed by atoms with Crippen molar-refractivity contribution in [2.45, 2.75) is 12.8 Å². The van der Waals surface area contributed by atoms with E-state index in [0.29, 0.717) is 31.2 Å². The summed E-state index contributed by atoms with van der Waals surface area (Å²) in [5.41, 5.74) is -0.212. The summed E-state index contributed by atoms with van der Waals surface area (Å²) in [5, 5.41) is 0. The molecule has 1 aliphatic heterocycles. The maximum absolute atomic E-state index is 13.8. The highest BCUT2D eigenvalue weighted by molar-refractivity contribution is 5.94. The van der Waals surface area contributed by atoms with Crippen LogP contribution < -0.4 is 9.47 Å². The van der Waals surface area contributed by atoms with Gasteiger partial charge in [-0.1, -0.05) is 12.1 Å². The van der Waals surface area contributed by atoms with Crippen LogP contribution in [-0.2, 0) is 0 Å². The molecular formula is C20H21F2NO3. The van der Waals surface area contributed by atoms with Gasteiger partial charge in [0.25, 0.3) is 5.91 Å². The Morgan fingerprint density at radius 1 is 1.19 bits per heavy atom. The lowest BCUT2D eigenvalue weighted by Crippen LogP contribution is -2.29. The summed E-state index contributed by atoms with van der Waals surface area (Å²) in [6.45, 7) is 1.56. The third kappa shape index (κ3) is 4.12. The number of nitrogens with zero attached hydrogens (tertiary/aromatic N) is 1. The van der Waals surface area contributed by atoms with Crippen molar-refractivity contribution in [3.05, 3.63) is 59.7 Å². The predicted molar refractivity (Wildman–Crippen MR) is 93.5 cm³/mol. The average molecular weight is 361 g/mol. The Hall–Kier alpha value is -2.63. The molecule has 0 N–H and O–H groups in total. The summed E-state index contributed by atoms with van der Waals surface area (Å²) in [5.74, 6) is -0.143. The quantitative estimate of drug-likeness (QED) is 0.783. The second-order valence-electron chi connectivity index (χ2n) is 6.32. The van der Waals surface area contributed by atoms with E-state index in [-0.39, 0.29) is 11.5 Å². The third-order valence-electron chi connectivity index (χ3n) is 4.58. The molecule has 26 heavy (non-hydrogen) atoms. The van der Waals surface area contributed by atoms with Crippen LogP contribution in [0.5, 0.6) is 11.5 Å². The molecule has 1 saturated heterocycles. The van der Waals surface area contributed by atoms with E-state index < -0.39 is 17.5 Å². The van der Waals surface area contributed by atoms with Gasteiger partial charge in [0, 0.05) is 13.1 Å². The number of halogens is 2. The summed E-state index contributed by atoms with van der Waals surface area (Å²) < 4.78 is 38.1. The fourth-order valence-corrected chi connectivity index (χ4v) is 3.16. The number of methoxy groups -OCH3 is 1. The molecule has 1 atom stereocenters. The molecule has 0 aliphatic carbocycles. The van der Waals surface area contributed by atoms with Crippen molar-refractivity contribution in [2.24, 2.45) is 5.92 Å². The number of rotatable bonds is 6. The number of ether oxygens (including phenoxy) is 2. The smallest absolute Gasteiger partial charge is 0.256 e. The van der Waals surface area contributed by atoms with Crippen LogP contribution in [-0.4, -0.2) is 37.6 Å². The first-order chi connectivity index (χ1) is 12.6. The molecule has 4 nitrogen and oxygen atoms in total. The molecule has 1 fully saturated rings. The Balaban J connectivity index is 1.52. The molecule has 138 valence electrons. The molecule has 0 radical (unpaired) electrons. The van der Waals surface area contributed by atoms with Crippen LogP contribution in [0.15, 0.2) is 42.5 Å². The van der Waals surface area contributed by atoms with Crippen LogP contribution in [0.25, 0.3) is 0 Å². The number of para-hydroxylation sites is 2. The summed E-state index contributed by atoms with van der Waals surface area (Å²) in [4.78, 5) is 14.0. The molecule has 1 aliphatic rings. The number of hydrogen-bond acceptors (Lipinski definition) is 3. The van der Waals surface area contributed by atoms with Gasteiger partial charge < -0.3 is 14.4 Å². The minimum atomic E-state index is -0.695. The van der Waals surface area contributed by atoms with Gasteiger partial charge in [0.15, 0.2) is 11.5 Å². The van der Waals surface area contributed by atoms with Gasteiger partial charge in [-0.15, -0.1) is 0 Å². The van der Waals surface area contributed by atoms with E-state index in [2.05, 4.69) is 0 Å². The van der Waals surface area contributed by atoms with Crippen molar-refractivity contribution in [3.63, 3.8) is 0 Å². The average Bonchev–Trinajstić information content (AvgIpc) is 3.12. The minimum Gasteiger partial charge on any atom is -0.493 e. The van der Waals surface area contributed by atoms with Gasteiger partial charge in [-0.3, -0.25) is 4.79 Å². The normalized spacial score (nSPS) is 16.6. The molecule has 3 rings (SSSR count). The molecule has 2 aromatic rings. The fraction of sp³-hybridized carbons (Fsp3) is 0.350. The van der Waals surface area contributed by atoms with E-state index >= 15 is 0 Å². The van der Waals surface area contributed by atoms with Crippen molar-refractivity contribution in [3.8, 4) is 11.5 Å². The van der Waals surface area contributed by atoms with E-state index in [1.807, 2.05) is 24.3 Å². The highest BCUT2D eigenvalue weighted by Crippen LogP contribution is 2.27. The molecule has 1 heterocycles. The molecule has 0 aromatic heterocycles. The van der Waals surface area contributed by atoms with Crippen molar-refractivity contribution < 1.29 is 23.0 Å². The molecule has 1 unspecified atom stereocenters. The predicted octanol–water partition coefficient (Wildman–Crippen LogP) is 3.90. The molecule has 0 saturated carbocycles. The number of hydrogen-bond donors (Lipinski definition) is 0. The zero-order chi connectivity index (χ0) is 18.5. The second-order valence-corrected chi connectivity index (χ2v) is 6.32. The molecule has 6 heteroatoms. The first-order valence-corrected chi connectivity index (χ1v) is 8.58. The Bertz CT molecular complexity index is 781. The van der Waals surface area contributed by atoms with E-state index in [1.165, 1.54) is 0 Å². The van der Waals surface area contributed by atoms with Crippen molar-refractivity contribution in [1.29, 1.82) is 0 Å². The second kappa shape index (κ2) is 8.17. The van der Waals surface area contributed by atoms with Gasteiger partial charge in [0.2, 0.25) is 0 Å². The Morgan fingerprint density at radius 3 is 2.73 bits per heavy atom. The van der Waals surface area contributed by atoms with Gasteiger partial charge in [-0.05, 0) is 49.1 Å². The monoisotopic (exact) mass is 361 g/mol. The van der Waals surface area contributed by atoms with Gasteiger partial charge in [0.05, 0.1) is 19.3 Å². The maximum Gasteiger partial charge on any atom is 0.256 e. The van der Waals surface area contributed by atoms with Crippen molar-refractivity contribution in [1.82, 2.24) is 4.90 Å². The van der Waals surface area contributed by atoms with Crippen LogP contribution in [0.2, 0.25) is 0 Å². The number of carbonyl (C=O) groups is 1. The summed E-state index contributed by atoms with van der Waals surface area (Å²) >= 11 is 0. The van der Waals surface area contributed by atoms with Gasteiger partial charge in [-0.2, -0.15) is 0 Å². The van der Waals surface area contributed by atoms with Gasteiger partial charge in [-0.25, -0.2) is 8.78 Å². The summed E-state index contributed by atoms with van der Waals surface area (Å²) in [6.07, 6.45) is 1.59. The molecule has 0 spiro atoms. The van der Waals surface area contributed by atoms with Crippen LogP contribution >= 0.6 is 0 Å². The molecule has 2 aromatic carbocycles. The lowest BCUT2D eigenvalue weighted by molar-refractivity contribution is 0.0780. The number of amides is 1. The Kier molecular flexibility index (Phi) is 5.71. The standard InChI is InChI=1S/C20H21F2NO3/c1-25-18-4-2-3-5-19(18)26-11-9-14-8-10-23(13-14)20(24)16-12-15(21)6-7-17(16)22/h2-7,12,14H,8-11,13H2,1H3. The third-order valence-corrected chi connectivity index (χ3v) is 4.58. The Morgan fingerprint density at radius 2 is 1.96 bits per heavy atom. The van der Waals surface area contributed by atoms with Crippen LogP contribution in [0, 0.1) is 17.6 Å². The SMILES string of the molecule is COc1ccccc1OCCC1CCN(C(=O)c2cc(F)ccc2F)C1. The lowest BCUT2D eigenvalue weighted by Gasteiger charge is -2.17. The largest absolute Gasteiger partial charge is 0.493 e. The van der Waals surface area contributed by atoms with Gasteiger partial charge >= 0.3 is 0 Å². The first kappa shape index (κ1) is 18.2. The maximum atomic E-state index is 13.8. The van der Waals surface area contributed by atoms with Gasteiger partial charge in [0.1, 0.15) is 11.6 Å². The number of benzene rings is 2. The topological polar surface area (TPSA) is 38.8 Å². The number of likely N-dealkylation sites (tertiary alicyclic amines) is 1. The lowest BCUT2D eigenvalue weighted by atomic mass is 10.1. The first-order valence-electron chi connectivity index (χ1n) is 8.58. The van der Waals surface area contributed by atoms with Crippen LogP contribution in [0.3, 0.4) is 0 Å². The zero-order valence-corrected chi connectivity index (χ0v) is 14.6. The van der Waals surface area contributed by atoms with E-state index in [9.17, 15) is 13.6 Å². The van der Waals surface area contributed by atoms with Crippen molar-refractivity contribution in [2.75, 3.05) is 26.8 Å². The van der Waals surface area contributed by atoms with Crippen LogP contribution in [0.4, 0.5) is 8.78 Å². The molecule has 1 amide bonds. The van der Waals surface area contributed by atoms with E-state index in [0.717, 1.165) is 31.0 Å². The van der Waals surface area contributed by atoms with Crippen molar-refractivity contribution >= 4 is 5.91 Å².